The number of benzene rings is 1. The molecule has 0 aliphatic carbocycles. The van der Waals surface area contributed by atoms with E-state index in [-0.39, 0.29) is 6.03 Å². The van der Waals surface area contributed by atoms with Crippen LogP contribution in [0.5, 0.6) is 5.75 Å². The lowest BCUT2D eigenvalue weighted by Crippen LogP contribution is -2.39. The standard InChI is InChI=1S/C22H35N3O2/c1-2-11-23-22(26)25-15-6-8-19-17-21(10-9-20(19)18-25)27-16-7-14-24-12-4-3-5-13-24/h9-10,17H,2-8,11-16,18H2,1H3,(H,23,26). The van der Waals surface area contributed by atoms with Crippen molar-refractivity contribution in [3.63, 3.8) is 0 Å². The van der Waals surface area contributed by atoms with Crippen molar-refractivity contribution in [1.82, 2.24) is 15.1 Å². The molecule has 3 rings (SSSR count). The molecule has 1 aromatic rings. The van der Waals surface area contributed by atoms with Crippen LogP contribution in [0.25, 0.3) is 0 Å². The quantitative estimate of drug-likeness (QED) is 0.739. The summed E-state index contributed by atoms with van der Waals surface area (Å²) >= 11 is 0. The Morgan fingerprint density at radius 3 is 2.78 bits per heavy atom. The second-order valence-corrected chi connectivity index (χ2v) is 7.79. The highest BCUT2D eigenvalue weighted by molar-refractivity contribution is 5.74. The number of nitrogens with one attached hydrogen (secondary N) is 1. The maximum atomic E-state index is 12.3. The van der Waals surface area contributed by atoms with Crippen LogP contribution in [-0.4, -0.2) is 55.2 Å². The van der Waals surface area contributed by atoms with Gasteiger partial charge in [0.15, 0.2) is 0 Å². The highest BCUT2D eigenvalue weighted by atomic mass is 16.5. The summed E-state index contributed by atoms with van der Waals surface area (Å²) in [6.45, 7) is 8.75. The highest BCUT2D eigenvalue weighted by Crippen LogP contribution is 2.24. The molecule has 1 N–H and O–H groups in total. The third-order valence-electron chi connectivity index (χ3n) is 5.56. The Hall–Kier alpha value is -1.75. The molecule has 1 aromatic carbocycles. The Morgan fingerprint density at radius 1 is 1.11 bits per heavy atom. The van der Waals surface area contributed by atoms with Gasteiger partial charge in [-0.15, -0.1) is 0 Å². The van der Waals surface area contributed by atoms with Crippen molar-refractivity contribution in [2.24, 2.45) is 0 Å². The molecule has 150 valence electrons. The summed E-state index contributed by atoms with van der Waals surface area (Å²) in [5, 5.41) is 2.99. The van der Waals surface area contributed by atoms with Gasteiger partial charge in [0.25, 0.3) is 0 Å². The minimum absolute atomic E-state index is 0.0581. The van der Waals surface area contributed by atoms with Crippen molar-refractivity contribution in [1.29, 1.82) is 0 Å². The van der Waals surface area contributed by atoms with Crippen molar-refractivity contribution in [2.75, 3.05) is 39.3 Å². The fourth-order valence-electron chi connectivity index (χ4n) is 4.00. The third kappa shape index (κ3) is 6.13. The maximum absolute atomic E-state index is 12.3. The average molecular weight is 374 g/mol. The first-order chi connectivity index (χ1) is 13.3. The molecule has 1 fully saturated rings. The molecule has 2 amide bonds. The monoisotopic (exact) mass is 373 g/mol. The van der Waals surface area contributed by atoms with Crippen molar-refractivity contribution in [3.05, 3.63) is 29.3 Å². The van der Waals surface area contributed by atoms with Gasteiger partial charge in [-0.05, 0) is 74.9 Å². The molecular weight excluding hydrogens is 338 g/mol. The van der Waals surface area contributed by atoms with Gasteiger partial charge in [0, 0.05) is 26.2 Å². The van der Waals surface area contributed by atoms with Crippen molar-refractivity contribution < 1.29 is 9.53 Å². The molecule has 0 bridgehead atoms. The molecule has 27 heavy (non-hydrogen) atoms. The molecule has 1 saturated heterocycles. The van der Waals surface area contributed by atoms with Crippen molar-refractivity contribution in [3.8, 4) is 5.75 Å². The van der Waals surface area contributed by atoms with Crippen LogP contribution in [-0.2, 0) is 13.0 Å². The van der Waals surface area contributed by atoms with Crippen LogP contribution in [0.4, 0.5) is 4.79 Å². The van der Waals surface area contributed by atoms with Crippen LogP contribution >= 0.6 is 0 Å². The molecule has 2 aliphatic heterocycles. The van der Waals surface area contributed by atoms with Gasteiger partial charge < -0.3 is 19.9 Å². The molecule has 2 heterocycles. The highest BCUT2D eigenvalue weighted by Gasteiger charge is 2.19. The zero-order valence-electron chi connectivity index (χ0n) is 16.8. The molecule has 0 unspecified atom stereocenters. The van der Waals surface area contributed by atoms with Crippen LogP contribution in [0.1, 0.15) is 56.6 Å². The van der Waals surface area contributed by atoms with Gasteiger partial charge in [0.2, 0.25) is 0 Å². The number of ether oxygens (including phenoxy) is 1. The minimum Gasteiger partial charge on any atom is -0.494 e. The van der Waals surface area contributed by atoms with Crippen molar-refractivity contribution >= 4 is 6.03 Å². The lowest BCUT2D eigenvalue weighted by atomic mass is 10.0. The zero-order chi connectivity index (χ0) is 18.9. The predicted octanol–water partition coefficient (Wildman–Crippen LogP) is 3.81. The van der Waals surface area contributed by atoms with E-state index in [2.05, 4.69) is 35.3 Å². The minimum atomic E-state index is 0.0581. The lowest BCUT2D eigenvalue weighted by Gasteiger charge is -2.26. The molecule has 0 atom stereocenters. The second-order valence-electron chi connectivity index (χ2n) is 7.79. The number of rotatable bonds is 7. The second kappa shape index (κ2) is 10.5. The van der Waals surface area contributed by atoms with Gasteiger partial charge in [-0.2, -0.15) is 0 Å². The molecule has 0 radical (unpaired) electrons. The Morgan fingerprint density at radius 2 is 1.96 bits per heavy atom. The third-order valence-corrected chi connectivity index (χ3v) is 5.56. The van der Waals surface area contributed by atoms with Gasteiger partial charge >= 0.3 is 6.03 Å². The zero-order valence-corrected chi connectivity index (χ0v) is 16.8. The van der Waals surface area contributed by atoms with Gasteiger partial charge in [0.05, 0.1) is 6.61 Å². The predicted molar refractivity (Wildman–Crippen MR) is 109 cm³/mol. The van der Waals surface area contributed by atoms with E-state index in [1.54, 1.807) is 0 Å². The summed E-state index contributed by atoms with van der Waals surface area (Å²) in [5.41, 5.74) is 2.58. The van der Waals surface area contributed by atoms with Gasteiger partial charge in [0.1, 0.15) is 5.75 Å². The number of urea groups is 1. The smallest absolute Gasteiger partial charge is 0.317 e. The summed E-state index contributed by atoms with van der Waals surface area (Å²) < 4.78 is 6.01. The molecule has 0 spiro atoms. The van der Waals surface area contributed by atoms with Crippen LogP contribution in [0.2, 0.25) is 0 Å². The normalized spacial score (nSPS) is 17.9. The van der Waals surface area contributed by atoms with Gasteiger partial charge in [-0.1, -0.05) is 19.4 Å². The number of hydrogen-bond donors (Lipinski definition) is 1. The maximum Gasteiger partial charge on any atom is 0.317 e. The van der Waals surface area contributed by atoms with E-state index >= 15 is 0 Å². The van der Waals surface area contributed by atoms with Crippen LogP contribution in [0, 0.1) is 0 Å². The largest absolute Gasteiger partial charge is 0.494 e. The number of carbonyl (C=O) groups excluding carboxylic acids is 1. The SMILES string of the molecule is CCCNC(=O)N1CCCc2cc(OCCCN3CCCCC3)ccc2C1. The van der Waals surface area contributed by atoms with E-state index in [9.17, 15) is 4.79 Å². The van der Waals surface area contributed by atoms with E-state index in [4.69, 9.17) is 4.74 Å². The van der Waals surface area contributed by atoms with E-state index < -0.39 is 0 Å². The first-order valence-electron chi connectivity index (χ1n) is 10.8. The molecule has 5 heteroatoms. The van der Waals surface area contributed by atoms with E-state index in [1.165, 1.54) is 43.5 Å². The summed E-state index contributed by atoms with van der Waals surface area (Å²) in [5.74, 6) is 0.969. The van der Waals surface area contributed by atoms with E-state index in [1.807, 2.05) is 4.90 Å². The summed E-state index contributed by atoms with van der Waals surface area (Å²) in [4.78, 5) is 16.8. The number of carbonyl (C=O) groups is 1. The Kier molecular flexibility index (Phi) is 7.81. The lowest BCUT2D eigenvalue weighted by molar-refractivity contribution is 0.196. The molecule has 2 aliphatic rings. The van der Waals surface area contributed by atoms with Crippen molar-refractivity contribution in [2.45, 2.75) is 58.4 Å². The number of amides is 2. The molecule has 5 nitrogen and oxygen atoms in total. The van der Waals surface area contributed by atoms with Crippen LogP contribution in [0.3, 0.4) is 0 Å². The Bertz CT molecular complexity index is 599. The van der Waals surface area contributed by atoms with Crippen LogP contribution in [0.15, 0.2) is 18.2 Å². The summed E-state index contributed by atoms with van der Waals surface area (Å²) in [6.07, 6.45) is 8.15. The first kappa shape index (κ1) is 20.0. The van der Waals surface area contributed by atoms with E-state index in [0.717, 1.165) is 57.7 Å². The first-order valence-corrected chi connectivity index (χ1v) is 10.8. The summed E-state index contributed by atoms with van der Waals surface area (Å²) in [6, 6.07) is 6.44. The fourth-order valence-corrected chi connectivity index (χ4v) is 4.00. The Labute approximate surface area is 164 Å². The van der Waals surface area contributed by atoms with E-state index in [0.29, 0.717) is 6.54 Å². The molecule has 0 saturated carbocycles. The molecule has 0 aromatic heterocycles. The average Bonchev–Trinajstić information content (AvgIpc) is 2.92. The van der Waals surface area contributed by atoms with Crippen LogP contribution < -0.4 is 10.1 Å². The molecular formula is C22H35N3O2. The number of piperidine rings is 1. The number of likely N-dealkylation sites (tertiary alicyclic amines) is 1. The number of fused-ring (bicyclic) bond motifs is 1. The topological polar surface area (TPSA) is 44.8 Å². The fraction of sp³-hybridized carbons (Fsp3) is 0.682. The number of nitrogens with zero attached hydrogens (tertiary/aromatic N) is 2. The number of aryl methyl sites for hydroxylation is 1. The Balaban J connectivity index is 1.47. The van der Waals surface area contributed by atoms with Gasteiger partial charge in [-0.25, -0.2) is 4.79 Å². The van der Waals surface area contributed by atoms with Gasteiger partial charge in [-0.3, -0.25) is 0 Å². The number of hydrogen-bond acceptors (Lipinski definition) is 3. The summed E-state index contributed by atoms with van der Waals surface area (Å²) in [7, 11) is 0.